The molecule has 2 saturated carbocycles. The van der Waals surface area contributed by atoms with Gasteiger partial charge in [-0.05, 0) is 49.3 Å². The lowest BCUT2D eigenvalue weighted by atomic mass is 9.77. The molecule has 1 atom stereocenters. The Morgan fingerprint density at radius 3 is 2.39 bits per heavy atom. The van der Waals surface area contributed by atoms with Crippen molar-refractivity contribution in [2.45, 2.75) is 44.2 Å². The normalized spacial score (nSPS) is 18.7. The first-order valence-electron chi connectivity index (χ1n) is 8.21. The molecular weight excluding hydrogens is 297 g/mol. The van der Waals surface area contributed by atoms with Crippen molar-refractivity contribution in [3.8, 4) is 0 Å². The summed E-state index contributed by atoms with van der Waals surface area (Å²) >= 11 is 0. The van der Waals surface area contributed by atoms with Gasteiger partial charge in [0, 0.05) is 6.04 Å². The van der Waals surface area contributed by atoms with Crippen molar-refractivity contribution in [1.82, 2.24) is 16.0 Å². The summed E-state index contributed by atoms with van der Waals surface area (Å²) in [6, 6.07) is 6.01. The smallest absolute Gasteiger partial charge is 0.315 e. The molecule has 2 aliphatic carbocycles. The molecule has 0 aliphatic heterocycles. The van der Waals surface area contributed by atoms with Gasteiger partial charge in [-0.25, -0.2) is 9.18 Å². The first-order chi connectivity index (χ1) is 11.1. The van der Waals surface area contributed by atoms with Crippen LogP contribution in [0.15, 0.2) is 24.3 Å². The van der Waals surface area contributed by atoms with Gasteiger partial charge in [-0.15, -0.1) is 0 Å². The second kappa shape index (κ2) is 6.98. The predicted octanol–water partition coefficient (Wildman–Crippen LogP) is 2.24. The summed E-state index contributed by atoms with van der Waals surface area (Å²) in [6.45, 7) is -0.0247. The number of hydrogen-bond donors (Lipinski definition) is 3. The zero-order valence-electron chi connectivity index (χ0n) is 13.0. The lowest BCUT2D eigenvalue weighted by Crippen LogP contribution is -2.45. The van der Waals surface area contributed by atoms with Crippen LogP contribution < -0.4 is 16.0 Å². The molecular formula is C17H22FN3O2. The Balaban J connectivity index is 1.53. The van der Waals surface area contributed by atoms with Crippen molar-refractivity contribution in [2.24, 2.45) is 5.92 Å². The lowest BCUT2D eigenvalue weighted by molar-refractivity contribution is -0.120. The van der Waals surface area contributed by atoms with Gasteiger partial charge in [-0.3, -0.25) is 4.79 Å². The SMILES string of the molecule is O=C(CNC(=O)NC(c1ccc(F)cc1)C1CCC1)NC1CC1. The minimum absolute atomic E-state index is 0.0247. The van der Waals surface area contributed by atoms with E-state index < -0.39 is 0 Å². The van der Waals surface area contributed by atoms with Crippen LogP contribution in [0.25, 0.3) is 0 Å². The number of benzene rings is 1. The van der Waals surface area contributed by atoms with Crippen LogP contribution in [0.3, 0.4) is 0 Å². The number of amides is 3. The topological polar surface area (TPSA) is 70.2 Å². The zero-order valence-corrected chi connectivity index (χ0v) is 13.0. The molecule has 0 heterocycles. The van der Waals surface area contributed by atoms with Gasteiger partial charge in [0.05, 0.1) is 12.6 Å². The van der Waals surface area contributed by atoms with Gasteiger partial charge >= 0.3 is 6.03 Å². The Bertz CT molecular complexity index is 568. The number of nitrogens with one attached hydrogen (secondary N) is 3. The van der Waals surface area contributed by atoms with Crippen molar-refractivity contribution in [2.75, 3.05) is 6.54 Å². The Kier molecular flexibility index (Phi) is 4.79. The van der Waals surface area contributed by atoms with E-state index in [2.05, 4.69) is 16.0 Å². The number of halogens is 1. The molecule has 6 heteroatoms. The lowest BCUT2D eigenvalue weighted by Gasteiger charge is -2.34. The summed E-state index contributed by atoms with van der Waals surface area (Å²) in [4.78, 5) is 23.7. The van der Waals surface area contributed by atoms with Crippen molar-refractivity contribution in [1.29, 1.82) is 0 Å². The van der Waals surface area contributed by atoms with Crippen LogP contribution >= 0.6 is 0 Å². The molecule has 0 radical (unpaired) electrons. The monoisotopic (exact) mass is 319 g/mol. The van der Waals surface area contributed by atoms with Gasteiger partial charge in [0.2, 0.25) is 5.91 Å². The molecule has 23 heavy (non-hydrogen) atoms. The van der Waals surface area contributed by atoms with E-state index in [4.69, 9.17) is 0 Å². The van der Waals surface area contributed by atoms with Gasteiger partial charge in [-0.1, -0.05) is 18.6 Å². The summed E-state index contributed by atoms with van der Waals surface area (Å²) in [5.41, 5.74) is 0.897. The zero-order chi connectivity index (χ0) is 16.2. The fraction of sp³-hybridized carbons (Fsp3) is 0.529. The molecule has 1 aromatic rings. The molecule has 124 valence electrons. The quantitative estimate of drug-likeness (QED) is 0.752. The third kappa shape index (κ3) is 4.43. The van der Waals surface area contributed by atoms with E-state index in [0.717, 1.165) is 37.7 Å². The Morgan fingerprint density at radius 2 is 1.83 bits per heavy atom. The van der Waals surface area contributed by atoms with Crippen molar-refractivity contribution in [3.05, 3.63) is 35.6 Å². The van der Waals surface area contributed by atoms with E-state index in [-0.39, 0.29) is 36.4 Å². The number of carbonyl (C=O) groups excluding carboxylic acids is 2. The van der Waals surface area contributed by atoms with Gasteiger partial charge in [0.1, 0.15) is 5.82 Å². The van der Waals surface area contributed by atoms with E-state index in [1.807, 2.05) is 0 Å². The maximum atomic E-state index is 13.1. The number of rotatable bonds is 6. The van der Waals surface area contributed by atoms with Crippen LogP contribution in [-0.4, -0.2) is 24.5 Å². The average molecular weight is 319 g/mol. The highest BCUT2D eigenvalue weighted by Gasteiger charge is 2.30. The molecule has 1 unspecified atom stereocenters. The predicted molar refractivity (Wildman–Crippen MR) is 84.2 cm³/mol. The summed E-state index contributed by atoms with van der Waals surface area (Å²) in [5, 5.41) is 8.34. The highest BCUT2D eigenvalue weighted by Crippen LogP contribution is 2.37. The Hall–Kier alpha value is -2.11. The fourth-order valence-corrected chi connectivity index (χ4v) is 2.78. The van der Waals surface area contributed by atoms with Gasteiger partial charge in [0.25, 0.3) is 0 Å². The van der Waals surface area contributed by atoms with E-state index in [1.54, 1.807) is 12.1 Å². The minimum Gasteiger partial charge on any atom is -0.352 e. The summed E-state index contributed by atoms with van der Waals surface area (Å²) in [6.07, 6.45) is 5.28. The highest BCUT2D eigenvalue weighted by atomic mass is 19.1. The van der Waals surface area contributed by atoms with Gasteiger partial charge in [-0.2, -0.15) is 0 Å². The molecule has 0 spiro atoms. The number of urea groups is 1. The summed E-state index contributed by atoms with van der Waals surface area (Å²) < 4.78 is 13.1. The standard InChI is InChI=1S/C17H22FN3O2/c18-13-6-4-12(5-7-13)16(11-2-1-3-11)21-17(23)19-10-15(22)20-14-8-9-14/h4-7,11,14,16H,1-3,8-10H2,(H,20,22)(H2,19,21,23). The highest BCUT2D eigenvalue weighted by molar-refractivity contribution is 5.84. The van der Waals surface area contributed by atoms with Crippen LogP contribution in [0.5, 0.6) is 0 Å². The number of hydrogen-bond acceptors (Lipinski definition) is 2. The maximum absolute atomic E-state index is 13.1. The molecule has 2 fully saturated rings. The van der Waals surface area contributed by atoms with E-state index in [1.165, 1.54) is 12.1 Å². The fourth-order valence-electron chi connectivity index (χ4n) is 2.78. The minimum atomic E-state index is -0.364. The second-order valence-corrected chi connectivity index (χ2v) is 6.39. The molecule has 3 rings (SSSR count). The molecule has 5 nitrogen and oxygen atoms in total. The van der Waals surface area contributed by atoms with Crippen molar-refractivity contribution < 1.29 is 14.0 Å². The Morgan fingerprint density at radius 1 is 1.13 bits per heavy atom. The van der Waals surface area contributed by atoms with Crippen LogP contribution in [0, 0.1) is 11.7 Å². The first kappa shape index (κ1) is 15.8. The Labute approximate surface area is 135 Å². The van der Waals surface area contributed by atoms with Crippen molar-refractivity contribution in [3.63, 3.8) is 0 Å². The molecule has 1 aromatic carbocycles. The van der Waals surface area contributed by atoms with Crippen LogP contribution in [0.4, 0.5) is 9.18 Å². The summed E-state index contributed by atoms with van der Waals surface area (Å²) in [7, 11) is 0. The second-order valence-electron chi connectivity index (χ2n) is 6.39. The van der Waals surface area contributed by atoms with Crippen LogP contribution in [-0.2, 0) is 4.79 Å². The molecule has 3 N–H and O–H groups in total. The molecule has 3 amide bonds. The van der Waals surface area contributed by atoms with Gasteiger partial charge < -0.3 is 16.0 Å². The van der Waals surface area contributed by atoms with Crippen LogP contribution in [0.1, 0.15) is 43.7 Å². The first-order valence-corrected chi connectivity index (χ1v) is 8.21. The van der Waals surface area contributed by atoms with E-state index in [0.29, 0.717) is 5.92 Å². The molecule has 0 saturated heterocycles. The summed E-state index contributed by atoms with van der Waals surface area (Å²) in [5.74, 6) is -0.0848. The third-order valence-electron chi connectivity index (χ3n) is 4.49. The average Bonchev–Trinajstić information content (AvgIpc) is 3.27. The maximum Gasteiger partial charge on any atom is 0.315 e. The molecule has 0 aromatic heterocycles. The molecule has 2 aliphatic rings. The third-order valence-corrected chi connectivity index (χ3v) is 4.49. The van der Waals surface area contributed by atoms with E-state index >= 15 is 0 Å². The van der Waals surface area contributed by atoms with Crippen molar-refractivity contribution >= 4 is 11.9 Å². The van der Waals surface area contributed by atoms with Gasteiger partial charge in [0.15, 0.2) is 0 Å². The van der Waals surface area contributed by atoms with E-state index in [9.17, 15) is 14.0 Å². The van der Waals surface area contributed by atoms with Crippen LogP contribution in [0.2, 0.25) is 0 Å². The molecule has 0 bridgehead atoms. The largest absolute Gasteiger partial charge is 0.352 e. The number of carbonyl (C=O) groups is 2.